The van der Waals surface area contributed by atoms with Crippen LogP contribution in [0.4, 0.5) is 5.82 Å². The molecule has 0 aliphatic carbocycles. The van der Waals surface area contributed by atoms with Crippen molar-refractivity contribution in [1.29, 1.82) is 0 Å². The number of benzene rings is 1. The number of allylic oxidation sites excluding steroid dienone is 3. The predicted octanol–water partition coefficient (Wildman–Crippen LogP) is 4.31. The Morgan fingerprint density at radius 3 is 2.62 bits per heavy atom. The van der Waals surface area contributed by atoms with Crippen molar-refractivity contribution in [1.82, 2.24) is 14.8 Å². The largest absolute Gasteiger partial charge is 0.354 e. The number of aliphatic imine (C=N–C) groups is 1. The van der Waals surface area contributed by atoms with Crippen LogP contribution < -0.4 is 4.90 Å². The maximum atomic E-state index is 10.5. The highest BCUT2D eigenvalue weighted by atomic mass is 16.1. The number of carbonyl (C=O) groups excluding carboxylic acids is 1. The van der Waals surface area contributed by atoms with Gasteiger partial charge in [0.1, 0.15) is 12.1 Å². The third kappa shape index (κ3) is 6.95. The van der Waals surface area contributed by atoms with E-state index in [2.05, 4.69) is 91.0 Å². The Labute approximate surface area is 204 Å². The Morgan fingerprint density at radius 1 is 1.21 bits per heavy atom. The number of rotatable bonds is 9. The smallest absolute Gasteiger partial charge is 0.142 e. The van der Waals surface area contributed by atoms with Crippen molar-refractivity contribution in [3.05, 3.63) is 70.9 Å². The van der Waals surface area contributed by atoms with Gasteiger partial charge in [-0.1, -0.05) is 30.4 Å². The van der Waals surface area contributed by atoms with E-state index in [0.29, 0.717) is 0 Å². The number of aldehydes is 1. The van der Waals surface area contributed by atoms with Crippen molar-refractivity contribution in [2.75, 3.05) is 45.2 Å². The fourth-order valence-corrected chi connectivity index (χ4v) is 4.28. The average molecular weight is 460 g/mol. The third-order valence-electron chi connectivity index (χ3n) is 6.08. The van der Waals surface area contributed by atoms with Crippen LogP contribution in [0.5, 0.6) is 0 Å². The van der Waals surface area contributed by atoms with Gasteiger partial charge >= 0.3 is 0 Å². The first-order chi connectivity index (χ1) is 16.4. The predicted molar refractivity (Wildman–Crippen MR) is 143 cm³/mol. The SMILES string of the molecule is C/C=C(\C=NC(C)N1CCN(c2ncc(/C=C/C=O)cc2C)CC1)c1cccc(CN(C)C)c1. The van der Waals surface area contributed by atoms with Crippen LogP contribution in [0.25, 0.3) is 11.6 Å². The van der Waals surface area contributed by atoms with Gasteiger partial charge in [0.05, 0.1) is 6.17 Å². The molecular formula is C28H37N5O. The van der Waals surface area contributed by atoms with E-state index in [-0.39, 0.29) is 6.17 Å². The topological polar surface area (TPSA) is 52.0 Å². The number of carbonyl (C=O) groups is 1. The highest BCUT2D eigenvalue weighted by Gasteiger charge is 2.22. The number of nitrogens with zero attached hydrogens (tertiary/aromatic N) is 5. The number of aromatic nitrogens is 1. The fraction of sp³-hybridized carbons (Fsp3) is 0.393. The van der Waals surface area contributed by atoms with Crippen molar-refractivity contribution in [3.8, 4) is 0 Å². The van der Waals surface area contributed by atoms with Gasteiger partial charge in [-0.2, -0.15) is 0 Å². The molecule has 1 aromatic carbocycles. The molecule has 180 valence electrons. The summed E-state index contributed by atoms with van der Waals surface area (Å²) in [5.41, 5.74) is 5.73. The number of pyridine rings is 1. The highest BCUT2D eigenvalue weighted by Crippen LogP contribution is 2.21. The molecular weight excluding hydrogens is 422 g/mol. The molecule has 2 heterocycles. The van der Waals surface area contributed by atoms with Crippen molar-refractivity contribution < 1.29 is 4.79 Å². The molecule has 0 N–H and O–H groups in total. The lowest BCUT2D eigenvalue weighted by Crippen LogP contribution is -2.49. The zero-order valence-electron chi connectivity index (χ0n) is 21.1. The van der Waals surface area contributed by atoms with E-state index in [4.69, 9.17) is 4.99 Å². The van der Waals surface area contributed by atoms with Crippen LogP contribution in [0.1, 0.15) is 36.1 Å². The summed E-state index contributed by atoms with van der Waals surface area (Å²) in [5.74, 6) is 1.02. The van der Waals surface area contributed by atoms with E-state index in [1.165, 1.54) is 17.2 Å². The molecule has 1 saturated heterocycles. The molecule has 2 aromatic rings. The Kier molecular flexibility index (Phi) is 9.31. The van der Waals surface area contributed by atoms with Crippen LogP contribution in [-0.4, -0.2) is 73.7 Å². The van der Waals surface area contributed by atoms with Gasteiger partial charge in [-0.15, -0.1) is 0 Å². The summed E-state index contributed by atoms with van der Waals surface area (Å²) in [6, 6.07) is 10.8. The third-order valence-corrected chi connectivity index (χ3v) is 6.08. The van der Waals surface area contributed by atoms with Gasteiger partial charge in [-0.25, -0.2) is 4.98 Å². The number of hydrogen-bond acceptors (Lipinski definition) is 6. The molecule has 1 aliphatic heterocycles. The molecule has 34 heavy (non-hydrogen) atoms. The number of aryl methyl sites for hydroxylation is 1. The second kappa shape index (κ2) is 12.4. The Bertz CT molecular complexity index is 1050. The van der Waals surface area contributed by atoms with Gasteiger partial charge in [0.15, 0.2) is 0 Å². The van der Waals surface area contributed by atoms with Gasteiger partial charge in [0, 0.05) is 45.1 Å². The van der Waals surface area contributed by atoms with Crippen LogP contribution in [0, 0.1) is 6.92 Å². The van der Waals surface area contributed by atoms with E-state index in [1.807, 2.05) is 12.4 Å². The number of anilines is 1. The van der Waals surface area contributed by atoms with E-state index >= 15 is 0 Å². The minimum atomic E-state index is 0.118. The maximum absolute atomic E-state index is 10.5. The molecule has 1 unspecified atom stereocenters. The second-order valence-corrected chi connectivity index (χ2v) is 9.02. The molecule has 0 spiro atoms. The highest BCUT2D eigenvalue weighted by molar-refractivity contribution is 6.09. The number of hydrogen-bond donors (Lipinski definition) is 0. The zero-order valence-corrected chi connectivity index (χ0v) is 21.1. The summed E-state index contributed by atoms with van der Waals surface area (Å²) >= 11 is 0. The summed E-state index contributed by atoms with van der Waals surface area (Å²) in [6.45, 7) is 11.0. The van der Waals surface area contributed by atoms with Crippen LogP contribution in [0.15, 0.2) is 53.7 Å². The standard InChI is InChI=1S/C28H37N5O/c1-6-26(27-11-7-9-25(18-27)21-31(4)5)20-29-23(3)32-12-14-33(15-13-32)28-22(2)17-24(19-30-28)10-8-16-34/h6-11,16-20,23H,12-15,21H2,1-5H3/b10-8+,26-6+,29-20?. The molecule has 6 heteroatoms. The molecule has 1 aliphatic rings. The second-order valence-electron chi connectivity index (χ2n) is 9.02. The van der Waals surface area contributed by atoms with Gasteiger partial charge in [-0.05, 0) is 80.9 Å². The fourth-order valence-electron chi connectivity index (χ4n) is 4.28. The molecule has 3 rings (SSSR count). The number of piperazine rings is 1. The van der Waals surface area contributed by atoms with Crippen LogP contribution >= 0.6 is 0 Å². The van der Waals surface area contributed by atoms with E-state index in [0.717, 1.165) is 61.5 Å². The molecule has 1 atom stereocenters. The lowest BCUT2D eigenvalue weighted by molar-refractivity contribution is -0.104. The van der Waals surface area contributed by atoms with Gasteiger partial charge in [0.25, 0.3) is 0 Å². The molecule has 6 nitrogen and oxygen atoms in total. The van der Waals surface area contributed by atoms with E-state index < -0.39 is 0 Å². The first-order valence-electron chi connectivity index (χ1n) is 11.9. The van der Waals surface area contributed by atoms with Crippen LogP contribution in [0.2, 0.25) is 0 Å². The van der Waals surface area contributed by atoms with Crippen molar-refractivity contribution in [2.24, 2.45) is 4.99 Å². The Hall–Kier alpha value is -3.09. The first-order valence-corrected chi connectivity index (χ1v) is 11.9. The first kappa shape index (κ1) is 25.5. The van der Waals surface area contributed by atoms with Gasteiger partial charge in [0.2, 0.25) is 0 Å². The maximum Gasteiger partial charge on any atom is 0.142 e. The molecule has 1 aromatic heterocycles. The summed E-state index contributed by atoms with van der Waals surface area (Å²) in [5, 5.41) is 0. The average Bonchev–Trinajstić information content (AvgIpc) is 2.83. The Balaban J connectivity index is 1.59. The monoisotopic (exact) mass is 459 g/mol. The summed E-state index contributed by atoms with van der Waals surface area (Å²) in [6.07, 6.45) is 10.2. The summed E-state index contributed by atoms with van der Waals surface area (Å²) < 4.78 is 0. The van der Waals surface area contributed by atoms with Crippen LogP contribution in [-0.2, 0) is 11.3 Å². The molecule has 0 bridgehead atoms. The summed E-state index contributed by atoms with van der Waals surface area (Å²) in [7, 11) is 4.18. The zero-order chi connectivity index (χ0) is 24.5. The van der Waals surface area contributed by atoms with Crippen molar-refractivity contribution in [2.45, 2.75) is 33.5 Å². The van der Waals surface area contributed by atoms with E-state index in [1.54, 1.807) is 6.08 Å². The van der Waals surface area contributed by atoms with Crippen molar-refractivity contribution >= 4 is 30.0 Å². The lowest BCUT2D eigenvalue weighted by atomic mass is 10.0. The van der Waals surface area contributed by atoms with Crippen molar-refractivity contribution in [3.63, 3.8) is 0 Å². The molecule has 1 fully saturated rings. The Morgan fingerprint density at radius 2 is 1.97 bits per heavy atom. The van der Waals surface area contributed by atoms with Gasteiger partial charge in [-0.3, -0.25) is 14.7 Å². The van der Waals surface area contributed by atoms with E-state index in [9.17, 15) is 4.79 Å². The minimum Gasteiger partial charge on any atom is -0.354 e. The summed E-state index contributed by atoms with van der Waals surface area (Å²) in [4.78, 5) is 27.0. The quantitative estimate of drug-likeness (QED) is 0.318. The molecule has 0 radical (unpaired) electrons. The lowest BCUT2D eigenvalue weighted by Gasteiger charge is -2.37. The minimum absolute atomic E-state index is 0.118. The van der Waals surface area contributed by atoms with Gasteiger partial charge < -0.3 is 9.80 Å². The normalized spacial score (nSPS) is 16.6. The van der Waals surface area contributed by atoms with Crippen LogP contribution in [0.3, 0.4) is 0 Å². The molecule has 0 amide bonds. The molecule has 0 saturated carbocycles.